The van der Waals surface area contributed by atoms with Crippen LogP contribution in [0.2, 0.25) is 0 Å². The van der Waals surface area contributed by atoms with Crippen molar-refractivity contribution < 1.29 is 19.1 Å². The molecule has 1 unspecified atom stereocenters. The molecule has 1 aromatic rings. The van der Waals surface area contributed by atoms with E-state index in [1.807, 2.05) is 0 Å². The third-order valence-corrected chi connectivity index (χ3v) is 2.68. The molecule has 0 spiro atoms. The van der Waals surface area contributed by atoms with Crippen LogP contribution in [0.1, 0.15) is 29.3 Å². The fourth-order valence-electron chi connectivity index (χ4n) is 1.53. The van der Waals surface area contributed by atoms with E-state index in [0.29, 0.717) is 0 Å². The Morgan fingerprint density at radius 3 is 2.71 bits per heavy atom. The van der Waals surface area contributed by atoms with Crippen molar-refractivity contribution in [1.29, 1.82) is 0 Å². The molecule has 112 valence electrons. The average molecular weight is 292 g/mol. The van der Waals surface area contributed by atoms with Crippen LogP contribution in [-0.4, -0.2) is 36.6 Å². The van der Waals surface area contributed by atoms with Crippen LogP contribution in [0.25, 0.3) is 0 Å². The zero-order valence-electron chi connectivity index (χ0n) is 11.9. The lowest BCUT2D eigenvalue weighted by Crippen LogP contribution is -2.43. The average Bonchev–Trinajstić information content (AvgIpc) is 2.47. The standard InChI is InChI=1S/C15H17FN2O3/c1-10(14(20)17-2)18-15(21)12-7-6-11(13(16)9-12)5-3-4-8-19/h6-7,9-10,19H,4,8H2,1-2H3,(H,17,20)(H,18,21). The summed E-state index contributed by atoms with van der Waals surface area (Å²) in [5, 5.41) is 13.5. The molecule has 2 amide bonds. The third kappa shape index (κ3) is 4.89. The smallest absolute Gasteiger partial charge is 0.252 e. The Bertz CT molecular complexity index is 590. The van der Waals surface area contributed by atoms with Crippen molar-refractivity contribution in [1.82, 2.24) is 10.6 Å². The van der Waals surface area contributed by atoms with Crippen molar-refractivity contribution in [3.05, 3.63) is 35.1 Å². The number of benzene rings is 1. The van der Waals surface area contributed by atoms with Crippen molar-refractivity contribution >= 4 is 11.8 Å². The van der Waals surface area contributed by atoms with E-state index in [-0.39, 0.29) is 30.1 Å². The molecular formula is C15H17FN2O3. The molecule has 0 aliphatic carbocycles. The van der Waals surface area contributed by atoms with E-state index < -0.39 is 17.8 Å². The SMILES string of the molecule is CNC(=O)C(C)NC(=O)c1ccc(C#CCCO)c(F)c1. The summed E-state index contributed by atoms with van der Waals surface area (Å²) >= 11 is 0. The largest absolute Gasteiger partial charge is 0.395 e. The van der Waals surface area contributed by atoms with Crippen LogP contribution >= 0.6 is 0 Å². The molecule has 0 aliphatic rings. The fourth-order valence-corrected chi connectivity index (χ4v) is 1.53. The highest BCUT2D eigenvalue weighted by molar-refractivity contribution is 5.97. The van der Waals surface area contributed by atoms with Crippen LogP contribution in [0.3, 0.4) is 0 Å². The van der Waals surface area contributed by atoms with Gasteiger partial charge in [-0.05, 0) is 25.1 Å². The molecule has 0 bridgehead atoms. The van der Waals surface area contributed by atoms with Gasteiger partial charge in [0.2, 0.25) is 5.91 Å². The maximum absolute atomic E-state index is 13.8. The summed E-state index contributed by atoms with van der Waals surface area (Å²) in [6.45, 7) is 1.44. The molecule has 0 aromatic heterocycles. The van der Waals surface area contributed by atoms with E-state index in [1.165, 1.54) is 26.1 Å². The summed E-state index contributed by atoms with van der Waals surface area (Å²) in [4.78, 5) is 23.2. The zero-order chi connectivity index (χ0) is 15.8. The Balaban J connectivity index is 2.82. The van der Waals surface area contributed by atoms with E-state index in [1.54, 1.807) is 0 Å². The van der Waals surface area contributed by atoms with Crippen LogP contribution in [0.5, 0.6) is 0 Å². The molecule has 6 heteroatoms. The predicted molar refractivity (Wildman–Crippen MR) is 76.0 cm³/mol. The summed E-state index contributed by atoms with van der Waals surface area (Å²) in [6.07, 6.45) is 0.255. The van der Waals surface area contributed by atoms with Gasteiger partial charge in [-0.15, -0.1) is 0 Å². The van der Waals surface area contributed by atoms with Gasteiger partial charge in [0.15, 0.2) is 0 Å². The lowest BCUT2D eigenvalue weighted by molar-refractivity contribution is -0.122. The number of amides is 2. The Kier molecular flexibility index (Phi) is 6.37. The van der Waals surface area contributed by atoms with Gasteiger partial charge in [-0.2, -0.15) is 0 Å². The van der Waals surface area contributed by atoms with Gasteiger partial charge >= 0.3 is 0 Å². The Hall–Kier alpha value is -2.39. The number of rotatable bonds is 4. The van der Waals surface area contributed by atoms with Crippen LogP contribution in [0.4, 0.5) is 4.39 Å². The number of halogens is 1. The number of hydrogen-bond acceptors (Lipinski definition) is 3. The number of nitrogens with one attached hydrogen (secondary N) is 2. The topological polar surface area (TPSA) is 78.4 Å². The molecule has 1 atom stereocenters. The molecule has 0 radical (unpaired) electrons. The molecule has 1 rings (SSSR count). The fraction of sp³-hybridized carbons (Fsp3) is 0.333. The molecule has 0 aliphatic heterocycles. The van der Waals surface area contributed by atoms with Gasteiger partial charge < -0.3 is 15.7 Å². The third-order valence-electron chi connectivity index (χ3n) is 2.68. The maximum Gasteiger partial charge on any atom is 0.252 e. The molecule has 21 heavy (non-hydrogen) atoms. The van der Waals surface area contributed by atoms with E-state index in [2.05, 4.69) is 22.5 Å². The summed E-state index contributed by atoms with van der Waals surface area (Å²) in [5.74, 6) is 3.67. The number of carbonyl (C=O) groups is 2. The Labute approximate surface area is 122 Å². The van der Waals surface area contributed by atoms with Crippen molar-refractivity contribution in [3.63, 3.8) is 0 Å². The quantitative estimate of drug-likeness (QED) is 0.704. The van der Waals surface area contributed by atoms with Crippen LogP contribution in [0.15, 0.2) is 18.2 Å². The molecular weight excluding hydrogens is 275 g/mol. The molecule has 5 nitrogen and oxygen atoms in total. The van der Waals surface area contributed by atoms with Crippen molar-refractivity contribution in [2.24, 2.45) is 0 Å². The van der Waals surface area contributed by atoms with Crippen LogP contribution in [-0.2, 0) is 4.79 Å². The van der Waals surface area contributed by atoms with E-state index in [9.17, 15) is 14.0 Å². The molecule has 0 fully saturated rings. The minimum atomic E-state index is -0.713. The van der Waals surface area contributed by atoms with E-state index >= 15 is 0 Å². The monoisotopic (exact) mass is 292 g/mol. The highest BCUT2D eigenvalue weighted by Gasteiger charge is 2.16. The minimum Gasteiger partial charge on any atom is -0.395 e. The molecule has 1 aromatic carbocycles. The van der Waals surface area contributed by atoms with Gasteiger partial charge in [0.05, 0.1) is 12.2 Å². The first-order valence-electron chi connectivity index (χ1n) is 6.41. The number of likely N-dealkylation sites (N-methyl/N-ethyl adjacent to an activating group) is 1. The van der Waals surface area contributed by atoms with Gasteiger partial charge in [0.1, 0.15) is 11.9 Å². The number of hydrogen-bond donors (Lipinski definition) is 3. The second kappa shape index (κ2) is 8.02. The minimum absolute atomic E-state index is 0.0908. The van der Waals surface area contributed by atoms with E-state index in [0.717, 1.165) is 6.07 Å². The number of aliphatic hydroxyl groups excluding tert-OH is 1. The normalized spacial score (nSPS) is 11.0. The Morgan fingerprint density at radius 2 is 2.14 bits per heavy atom. The second-order valence-corrected chi connectivity index (χ2v) is 4.28. The van der Waals surface area contributed by atoms with Gasteiger partial charge in [-0.3, -0.25) is 9.59 Å². The van der Waals surface area contributed by atoms with Crippen molar-refractivity contribution in [3.8, 4) is 11.8 Å². The van der Waals surface area contributed by atoms with Crippen molar-refractivity contribution in [2.75, 3.05) is 13.7 Å². The predicted octanol–water partition coefficient (Wildman–Crippen LogP) is 0.424. The first-order valence-corrected chi connectivity index (χ1v) is 6.41. The highest BCUT2D eigenvalue weighted by atomic mass is 19.1. The summed E-state index contributed by atoms with van der Waals surface area (Å²) < 4.78 is 13.8. The summed E-state index contributed by atoms with van der Waals surface area (Å²) in [6, 6.07) is 3.17. The van der Waals surface area contributed by atoms with Gasteiger partial charge in [-0.1, -0.05) is 11.8 Å². The van der Waals surface area contributed by atoms with Crippen LogP contribution < -0.4 is 10.6 Å². The molecule has 3 N–H and O–H groups in total. The first kappa shape index (κ1) is 16.7. The summed E-state index contributed by atoms with van der Waals surface area (Å²) in [7, 11) is 1.46. The van der Waals surface area contributed by atoms with Crippen LogP contribution in [0, 0.1) is 17.7 Å². The van der Waals surface area contributed by atoms with Gasteiger partial charge in [0, 0.05) is 19.0 Å². The van der Waals surface area contributed by atoms with Crippen molar-refractivity contribution in [2.45, 2.75) is 19.4 Å². The van der Waals surface area contributed by atoms with E-state index in [4.69, 9.17) is 5.11 Å². The lowest BCUT2D eigenvalue weighted by atomic mass is 10.1. The van der Waals surface area contributed by atoms with Gasteiger partial charge in [0.25, 0.3) is 5.91 Å². The highest BCUT2D eigenvalue weighted by Crippen LogP contribution is 2.10. The second-order valence-electron chi connectivity index (χ2n) is 4.28. The van der Waals surface area contributed by atoms with Gasteiger partial charge in [-0.25, -0.2) is 4.39 Å². The molecule has 0 saturated heterocycles. The molecule has 0 saturated carbocycles. The first-order chi connectivity index (χ1) is 9.99. The Morgan fingerprint density at radius 1 is 1.43 bits per heavy atom. The maximum atomic E-state index is 13.8. The zero-order valence-corrected chi connectivity index (χ0v) is 11.9. The molecule has 0 heterocycles. The number of carbonyl (C=O) groups excluding carboxylic acids is 2. The lowest BCUT2D eigenvalue weighted by Gasteiger charge is -2.12. The number of aliphatic hydroxyl groups is 1. The summed E-state index contributed by atoms with van der Waals surface area (Å²) in [5.41, 5.74) is 0.260.